The van der Waals surface area contributed by atoms with Crippen LogP contribution in [0.1, 0.15) is 73.4 Å². The summed E-state index contributed by atoms with van der Waals surface area (Å²) in [6.07, 6.45) is 5.91. The van der Waals surface area contributed by atoms with Gasteiger partial charge < -0.3 is 10.1 Å². The second kappa shape index (κ2) is 9.27. The third-order valence-corrected chi connectivity index (χ3v) is 5.64. The molecule has 0 unspecified atom stereocenters. The Hall–Kier alpha value is -2.29. The number of benzene rings is 2. The van der Waals surface area contributed by atoms with Crippen molar-refractivity contribution in [2.75, 3.05) is 0 Å². The Bertz CT molecular complexity index is 807. The van der Waals surface area contributed by atoms with Gasteiger partial charge in [-0.05, 0) is 92.3 Å². The maximum Gasteiger partial charge on any atom is 0.261 e. The van der Waals surface area contributed by atoms with Gasteiger partial charge in [0.1, 0.15) is 5.75 Å². The van der Waals surface area contributed by atoms with E-state index in [1.165, 1.54) is 36.0 Å². The molecule has 0 saturated heterocycles. The molecule has 1 aliphatic rings. The van der Waals surface area contributed by atoms with Crippen LogP contribution in [0.15, 0.2) is 36.4 Å². The van der Waals surface area contributed by atoms with Gasteiger partial charge in [-0.25, -0.2) is 0 Å². The van der Waals surface area contributed by atoms with E-state index in [4.69, 9.17) is 4.74 Å². The number of hydrogen-bond donors (Lipinski definition) is 1. The number of nitrogens with one attached hydrogen (secondary N) is 1. The first-order valence-corrected chi connectivity index (χ1v) is 10.7. The molecule has 3 nitrogen and oxygen atoms in total. The zero-order chi connectivity index (χ0) is 20.1. The van der Waals surface area contributed by atoms with Crippen molar-refractivity contribution in [2.45, 2.75) is 78.4 Å². The summed E-state index contributed by atoms with van der Waals surface area (Å²) in [6, 6.07) is 12.8. The van der Waals surface area contributed by atoms with Gasteiger partial charge in [0.2, 0.25) is 0 Å². The summed E-state index contributed by atoms with van der Waals surface area (Å²) in [5.41, 5.74) is 6.42. The summed E-state index contributed by atoms with van der Waals surface area (Å²) in [5, 5.41) is 3.23. The molecule has 0 aliphatic heterocycles. The molecular weight excluding hydrogens is 346 g/mol. The monoisotopic (exact) mass is 379 g/mol. The van der Waals surface area contributed by atoms with Crippen LogP contribution in [0.25, 0.3) is 0 Å². The fourth-order valence-corrected chi connectivity index (χ4v) is 4.14. The van der Waals surface area contributed by atoms with E-state index in [1.807, 2.05) is 32.9 Å². The quantitative estimate of drug-likeness (QED) is 0.679. The molecule has 0 spiro atoms. The Labute approximate surface area is 169 Å². The van der Waals surface area contributed by atoms with Gasteiger partial charge in [-0.1, -0.05) is 38.1 Å². The van der Waals surface area contributed by atoms with Gasteiger partial charge >= 0.3 is 0 Å². The minimum Gasteiger partial charge on any atom is -0.481 e. The molecule has 0 radical (unpaired) electrons. The van der Waals surface area contributed by atoms with Gasteiger partial charge in [0.05, 0.1) is 6.04 Å². The first-order valence-electron chi connectivity index (χ1n) is 10.7. The minimum absolute atomic E-state index is 0.0247. The Kier molecular flexibility index (Phi) is 6.77. The zero-order valence-corrected chi connectivity index (χ0v) is 17.7. The van der Waals surface area contributed by atoms with Gasteiger partial charge in [-0.3, -0.25) is 4.79 Å². The van der Waals surface area contributed by atoms with E-state index in [2.05, 4.69) is 36.5 Å². The Morgan fingerprint density at radius 1 is 0.964 bits per heavy atom. The Morgan fingerprint density at radius 2 is 1.64 bits per heavy atom. The van der Waals surface area contributed by atoms with Crippen molar-refractivity contribution in [1.29, 1.82) is 0 Å². The van der Waals surface area contributed by atoms with Crippen LogP contribution in [0.5, 0.6) is 5.75 Å². The van der Waals surface area contributed by atoms with Gasteiger partial charge in [-0.2, -0.15) is 0 Å². The van der Waals surface area contributed by atoms with Crippen molar-refractivity contribution in [3.8, 4) is 5.75 Å². The molecule has 0 bridgehead atoms. The third kappa shape index (κ3) is 4.95. The summed E-state index contributed by atoms with van der Waals surface area (Å²) in [7, 11) is 0. The zero-order valence-electron chi connectivity index (χ0n) is 17.7. The van der Waals surface area contributed by atoms with Crippen molar-refractivity contribution in [3.63, 3.8) is 0 Å². The molecule has 0 fully saturated rings. The SMILES string of the molecule is CC[C@H](Oc1cc(C)cc(C)c1)C(=O)N[C@H](CC)c1ccc2c(c1)CCCC2. The van der Waals surface area contributed by atoms with Crippen LogP contribution in [0, 0.1) is 13.8 Å². The number of rotatable bonds is 7. The van der Waals surface area contributed by atoms with Crippen LogP contribution in [-0.4, -0.2) is 12.0 Å². The molecule has 1 amide bonds. The highest BCUT2D eigenvalue weighted by atomic mass is 16.5. The highest BCUT2D eigenvalue weighted by molar-refractivity contribution is 5.81. The molecule has 3 heteroatoms. The number of carbonyl (C=O) groups is 1. The van der Waals surface area contributed by atoms with Crippen LogP contribution in [-0.2, 0) is 17.6 Å². The summed E-state index contributed by atoms with van der Waals surface area (Å²) in [5.74, 6) is 0.729. The van der Waals surface area contributed by atoms with Crippen LogP contribution >= 0.6 is 0 Å². The van der Waals surface area contributed by atoms with Gasteiger partial charge in [0.15, 0.2) is 6.10 Å². The second-order valence-electron chi connectivity index (χ2n) is 8.04. The Balaban J connectivity index is 1.71. The third-order valence-electron chi connectivity index (χ3n) is 5.64. The van der Waals surface area contributed by atoms with Gasteiger partial charge in [-0.15, -0.1) is 0 Å². The molecule has 150 valence electrons. The highest BCUT2D eigenvalue weighted by Gasteiger charge is 2.23. The molecule has 0 heterocycles. The van der Waals surface area contributed by atoms with Crippen molar-refractivity contribution in [1.82, 2.24) is 5.32 Å². The number of carbonyl (C=O) groups excluding carboxylic acids is 1. The maximum atomic E-state index is 12.9. The van der Waals surface area contributed by atoms with E-state index in [1.54, 1.807) is 0 Å². The maximum absolute atomic E-state index is 12.9. The molecular formula is C25H33NO2. The average molecular weight is 380 g/mol. The van der Waals surface area contributed by atoms with Crippen LogP contribution in [0.3, 0.4) is 0 Å². The predicted molar refractivity (Wildman–Crippen MR) is 115 cm³/mol. The van der Waals surface area contributed by atoms with Gasteiger partial charge in [0.25, 0.3) is 5.91 Å². The van der Waals surface area contributed by atoms with E-state index in [0.717, 1.165) is 29.7 Å². The van der Waals surface area contributed by atoms with Crippen LogP contribution in [0.4, 0.5) is 0 Å². The lowest BCUT2D eigenvalue weighted by molar-refractivity contribution is -0.128. The van der Waals surface area contributed by atoms with Crippen molar-refractivity contribution in [3.05, 3.63) is 64.2 Å². The van der Waals surface area contributed by atoms with E-state index in [0.29, 0.717) is 6.42 Å². The smallest absolute Gasteiger partial charge is 0.261 e. The summed E-state index contributed by atoms with van der Waals surface area (Å²) >= 11 is 0. The number of fused-ring (bicyclic) bond motifs is 1. The fourth-order valence-electron chi connectivity index (χ4n) is 4.14. The van der Waals surface area contributed by atoms with Crippen molar-refractivity contribution in [2.24, 2.45) is 0 Å². The van der Waals surface area contributed by atoms with Crippen molar-refractivity contribution >= 4 is 5.91 Å². The van der Waals surface area contributed by atoms with Crippen molar-refractivity contribution < 1.29 is 9.53 Å². The number of aryl methyl sites for hydroxylation is 4. The predicted octanol–water partition coefficient (Wildman–Crippen LogP) is 5.61. The average Bonchev–Trinajstić information content (AvgIpc) is 2.69. The standard InChI is InChI=1S/C25H33NO2/c1-5-23(21-12-11-19-9-7-8-10-20(19)16-21)26-25(27)24(6-2)28-22-14-17(3)13-18(4)15-22/h11-16,23-24H,5-10H2,1-4H3,(H,26,27)/t23-,24+/m1/s1. The lowest BCUT2D eigenvalue weighted by Crippen LogP contribution is -2.40. The van der Waals surface area contributed by atoms with Crippen LogP contribution < -0.4 is 10.1 Å². The van der Waals surface area contributed by atoms with Crippen LogP contribution in [0.2, 0.25) is 0 Å². The number of ether oxygens (including phenoxy) is 1. The molecule has 1 aliphatic carbocycles. The largest absolute Gasteiger partial charge is 0.481 e. The lowest BCUT2D eigenvalue weighted by atomic mass is 9.88. The fraction of sp³-hybridized carbons (Fsp3) is 0.480. The van der Waals surface area contributed by atoms with E-state index in [9.17, 15) is 4.79 Å². The normalized spacial score (nSPS) is 15.4. The summed E-state index contributed by atoms with van der Waals surface area (Å²) in [6.45, 7) is 8.21. The minimum atomic E-state index is -0.479. The first kappa shape index (κ1) is 20.4. The molecule has 2 atom stereocenters. The van der Waals surface area contributed by atoms with E-state index < -0.39 is 6.10 Å². The molecule has 28 heavy (non-hydrogen) atoms. The van der Waals surface area contributed by atoms with E-state index in [-0.39, 0.29) is 11.9 Å². The summed E-state index contributed by atoms with van der Waals surface area (Å²) < 4.78 is 6.05. The molecule has 2 aromatic carbocycles. The summed E-state index contributed by atoms with van der Waals surface area (Å²) in [4.78, 5) is 12.9. The molecule has 0 saturated carbocycles. The molecule has 0 aromatic heterocycles. The van der Waals surface area contributed by atoms with E-state index >= 15 is 0 Å². The highest BCUT2D eigenvalue weighted by Crippen LogP contribution is 2.26. The molecule has 2 aromatic rings. The number of amides is 1. The topological polar surface area (TPSA) is 38.3 Å². The molecule has 3 rings (SSSR count). The number of hydrogen-bond acceptors (Lipinski definition) is 2. The Morgan fingerprint density at radius 3 is 2.29 bits per heavy atom. The van der Waals surface area contributed by atoms with Gasteiger partial charge in [0, 0.05) is 0 Å². The molecule has 1 N–H and O–H groups in total. The lowest BCUT2D eigenvalue weighted by Gasteiger charge is -2.24. The first-order chi connectivity index (χ1) is 13.5. The second-order valence-corrected chi connectivity index (χ2v) is 8.04.